The van der Waals surface area contributed by atoms with Gasteiger partial charge in [0.1, 0.15) is 0 Å². The Balaban J connectivity index is 1.33. The summed E-state index contributed by atoms with van der Waals surface area (Å²) in [4.78, 5) is 17.3. The molecule has 13 heteroatoms. The van der Waals surface area contributed by atoms with Crippen molar-refractivity contribution in [3.05, 3.63) is 47.7 Å². The molecule has 0 unspecified atom stereocenters. The molecule has 39 heavy (non-hydrogen) atoms. The Morgan fingerprint density at radius 1 is 1.18 bits per heavy atom. The van der Waals surface area contributed by atoms with Crippen molar-refractivity contribution in [2.24, 2.45) is 5.92 Å². The molecule has 208 valence electrons. The zero-order valence-electron chi connectivity index (χ0n) is 21.6. The molecule has 2 aliphatic rings. The standard InChI is InChI=1S/C26H31ClN6O4S2/c1-18-5-2-3-7-23(18)33-25(19-6-4-10-28-16-19)30-31-26(33)38-17-24(34)29-22-15-20(8-9-21(22)27)39(35,36)32-11-13-37-14-12-32/h4,6,8-10,15-16,18,23H,2-3,5,7,11-14,17H2,1H3,(H,29,34)/t18-,23+/m1/s1. The van der Waals surface area contributed by atoms with Crippen LogP contribution in [0, 0.1) is 5.92 Å². The van der Waals surface area contributed by atoms with Crippen molar-refractivity contribution >= 4 is 45.0 Å². The number of nitrogens with one attached hydrogen (secondary N) is 1. The van der Waals surface area contributed by atoms with Crippen molar-refractivity contribution in [1.82, 2.24) is 24.1 Å². The highest BCUT2D eigenvalue weighted by atomic mass is 35.5. The predicted molar refractivity (Wildman–Crippen MR) is 150 cm³/mol. The summed E-state index contributed by atoms with van der Waals surface area (Å²) in [5.41, 5.74) is 1.12. The fraction of sp³-hybridized carbons (Fsp3) is 0.462. The molecule has 2 atom stereocenters. The lowest BCUT2D eigenvalue weighted by molar-refractivity contribution is -0.113. The van der Waals surface area contributed by atoms with Crippen molar-refractivity contribution in [3.63, 3.8) is 0 Å². The van der Waals surface area contributed by atoms with Crippen molar-refractivity contribution in [2.45, 2.75) is 48.7 Å². The van der Waals surface area contributed by atoms with Gasteiger partial charge in [0.15, 0.2) is 11.0 Å². The summed E-state index contributed by atoms with van der Waals surface area (Å²) in [6.45, 7) is 3.51. The minimum atomic E-state index is -3.73. The van der Waals surface area contributed by atoms with Crippen LogP contribution < -0.4 is 5.32 Å². The Hall–Kier alpha value is -2.51. The van der Waals surface area contributed by atoms with E-state index in [-0.39, 0.29) is 46.4 Å². The van der Waals surface area contributed by atoms with Crippen LogP contribution in [0.25, 0.3) is 11.4 Å². The quantitative estimate of drug-likeness (QED) is 0.381. The van der Waals surface area contributed by atoms with Gasteiger partial charge in [-0.3, -0.25) is 14.3 Å². The van der Waals surface area contributed by atoms with E-state index in [4.69, 9.17) is 16.3 Å². The highest BCUT2D eigenvalue weighted by Crippen LogP contribution is 2.39. The van der Waals surface area contributed by atoms with Gasteiger partial charge in [-0.2, -0.15) is 4.31 Å². The normalized spacial score (nSPS) is 20.6. The number of amides is 1. The molecule has 0 bridgehead atoms. The number of thioether (sulfide) groups is 1. The Morgan fingerprint density at radius 3 is 2.72 bits per heavy atom. The molecular weight excluding hydrogens is 560 g/mol. The van der Waals surface area contributed by atoms with Crippen molar-refractivity contribution < 1.29 is 17.9 Å². The maximum atomic E-state index is 13.1. The van der Waals surface area contributed by atoms with Crippen LogP contribution in [0.1, 0.15) is 38.6 Å². The molecule has 2 fully saturated rings. The van der Waals surface area contributed by atoms with Crippen molar-refractivity contribution in [1.29, 1.82) is 0 Å². The van der Waals surface area contributed by atoms with Gasteiger partial charge in [-0.25, -0.2) is 8.42 Å². The van der Waals surface area contributed by atoms with Crippen LogP contribution in [0.15, 0.2) is 52.8 Å². The average molecular weight is 591 g/mol. The molecule has 1 N–H and O–H groups in total. The molecule has 1 amide bonds. The van der Waals surface area contributed by atoms with Gasteiger partial charge >= 0.3 is 0 Å². The lowest BCUT2D eigenvalue weighted by atomic mass is 9.85. The first-order valence-electron chi connectivity index (χ1n) is 13.0. The molecule has 3 heterocycles. The van der Waals surface area contributed by atoms with Crippen molar-refractivity contribution in [2.75, 3.05) is 37.4 Å². The van der Waals surface area contributed by atoms with Gasteiger partial charge in [0, 0.05) is 37.1 Å². The summed E-state index contributed by atoms with van der Waals surface area (Å²) in [5.74, 6) is 0.933. The predicted octanol–water partition coefficient (Wildman–Crippen LogP) is 4.50. The third-order valence-electron chi connectivity index (χ3n) is 7.13. The van der Waals surface area contributed by atoms with Gasteiger partial charge in [0.05, 0.1) is 34.6 Å². The monoisotopic (exact) mass is 590 g/mol. The first kappa shape index (κ1) is 28.0. The van der Waals surface area contributed by atoms with E-state index in [1.165, 1.54) is 40.7 Å². The van der Waals surface area contributed by atoms with Gasteiger partial charge in [-0.05, 0) is 49.1 Å². The molecule has 2 aromatic heterocycles. The molecule has 1 saturated carbocycles. The number of nitrogens with zero attached hydrogens (tertiary/aromatic N) is 5. The molecular formula is C26H31ClN6O4S2. The smallest absolute Gasteiger partial charge is 0.243 e. The van der Waals surface area contributed by atoms with Gasteiger partial charge in [-0.15, -0.1) is 10.2 Å². The van der Waals surface area contributed by atoms with E-state index >= 15 is 0 Å². The number of anilines is 1. The van der Waals surface area contributed by atoms with E-state index < -0.39 is 10.0 Å². The number of benzene rings is 1. The third kappa shape index (κ3) is 6.30. The summed E-state index contributed by atoms with van der Waals surface area (Å²) in [5, 5.41) is 12.6. The van der Waals surface area contributed by atoms with Crippen LogP contribution in [-0.2, 0) is 19.6 Å². The topological polar surface area (TPSA) is 119 Å². The Bertz CT molecular complexity index is 1410. The maximum absolute atomic E-state index is 13.1. The molecule has 1 aliphatic carbocycles. The summed E-state index contributed by atoms with van der Waals surface area (Å²) < 4.78 is 34.9. The minimum Gasteiger partial charge on any atom is -0.379 e. The van der Waals surface area contributed by atoms with E-state index in [0.717, 1.165) is 30.7 Å². The Labute approximate surface area is 237 Å². The first-order valence-corrected chi connectivity index (χ1v) is 15.8. The number of pyridine rings is 1. The highest BCUT2D eigenvalue weighted by Gasteiger charge is 2.30. The number of carbonyl (C=O) groups is 1. The first-order chi connectivity index (χ1) is 18.8. The second-order valence-electron chi connectivity index (χ2n) is 9.74. The fourth-order valence-corrected chi connectivity index (χ4v) is 7.45. The largest absolute Gasteiger partial charge is 0.379 e. The van der Waals surface area contributed by atoms with E-state index in [2.05, 4.69) is 32.0 Å². The second-order valence-corrected chi connectivity index (χ2v) is 13.0. The van der Waals surface area contributed by atoms with E-state index in [1.54, 1.807) is 12.4 Å². The van der Waals surface area contributed by atoms with Crippen LogP contribution in [0.4, 0.5) is 5.69 Å². The number of morpholine rings is 1. The lowest BCUT2D eigenvalue weighted by Crippen LogP contribution is -2.40. The van der Waals surface area contributed by atoms with E-state index in [1.807, 2.05) is 12.1 Å². The number of halogens is 1. The third-order valence-corrected chi connectivity index (χ3v) is 10.3. The summed E-state index contributed by atoms with van der Waals surface area (Å²) in [6.07, 6.45) is 7.98. The molecule has 0 spiro atoms. The summed E-state index contributed by atoms with van der Waals surface area (Å²) in [7, 11) is -3.73. The maximum Gasteiger partial charge on any atom is 0.243 e. The van der Waals surface area contributed by atoms with Crippen molar-refractivity contribution in [3.8, 4) is 11.4 Å². The molecule has 5 rings (SSSR count). The Morgan fingerprint density at radius 2 is 1.97 bits per heavy atom. The number of ether oxygens (including phenoxy) is 1. The second kappa shape index (κ2) is 12.3. The zero-order chi connectivity index (χ0) is 27.4. The zero-order valence-corrected chi connectivity index (χ0v) is 24.0. The lowest BCUT2D eigenvalue weighted by Gasteiger charge is -2.31. The van der Waals surface area contributed by atoms with Crippen LogP contribution >= 0.6 is 23.4 Å². The van der Waals surface area contributed by atoms with Crippen LogP contribution in [0.3, 0.4) is 0 Å². The van der Waals surface area contributed by atoms with Crippen LogP contribution in [0.5, 0.6) is 0 Å². The van der Waals surface area contributed by atoms with Gasteiger partial charge in [0.2, 0.25) is 15.9 Å². The number of hydrogen-bond donors (Lipinski definition) is 1. The number of carbonyl (C=O) groups excluding carboxylic acids is 1. The number of rotatable bonds is 8. The molecule has 1 saturated heterocycles. The van der Waals surface area contributed by atoms with Gasteiger partial charge in [-0.1, -0.05) is 43.1 Å². The van der Waals surface area contributed by atoms with E-state index in [9.17, 15) is 13.2 Å². The van der Waals surface area contributed by atoms with Gasteiger partial charge < -0.3 is 10.1 Å². The van der Waals surface area contributed by atoms with Crippen LogP contribution in [0.2, 0.25) is 5.02 Å². The number of hydrogen-bond acceptors (Lipinski definition) is 8. The molecule has 0 radical (unpaired) electrons. The SMILES string of the molecule is C[C@@H]1CCCC[C@@H]1n1c(SCC(=O)Nc2cc(S(=O)(=O)N3CCOCC3)ccc2Cl)nnc1-c1cccnc1. The summed E-state index contributed by atoms with van der Waals surface area (Å²) in [6, 6.07) is 8.40. The highest BCUT2D eigenvalue weighted by molar-refractivity contribution is 7.99. The molecule has 3 aromatic rings. The Kier molecular flexibility index (Phi) is 8.87. The molecule has 1 aliphatic heterocycles. The molecule has 10 nitrogen and oxygen atoms in total. The molecule has 1 aromatic carbocycles. The number of aromatic nitrogens is 4. The van der Waals surface area contributed by atoms with Gasteiger partial charge in [0.25, 0.3) is 0 Å². The van der Waals surface area contributed by atoms with Crippen LogP contribution in [-0.4, -0.2) is 70.4 Å². The van der Waals surface area contributed by atoms with E-state index in [0.29, 0.717) is 24.3 Å². The fourth-order valence-electron chi connectivity index (χ4n) is 5.06. The minimum absolute atomic E-state index is 0.0586. The number of sulfonamides is 1. The average Bonchev–Trinajstić information content (AvgIpc) is 3.38. The summed E-state index contributed by atoms with van der Waals surface area (Å²) >= 11 is 7.62.